The summed E-state index contributed by atoms with van der Waals surface area (Å²) in [5.74, 6) is -1.35. The maximum absolute atomic E-state index is 12.6. The fraction of sp³-hybridized carbons (Fsp3) is 0.476. The number of aliphatic hydroxyl groups excluding tert-OH is 3. The molecule has 0 radical (unpaired) electrons. The number of carboxylic acid groups (broad SMARTS) is 1. The monoisotopic (exact) mass is 745 g/mol. The topological polar surface area (TPSA) is 359 Å². The minimum absolute atomic E-state index is 0.00214. The normalized spacial score (nSPS) is 30.3. The highest BCUT2D eigenvalue weighted by atomic mass is 31.3. The Balaban J connectivity index is 1.21. The van der Waals surface area contributed by atoms with Crippen LogP contribution in [0.5, 0.6) is 0 Å². The lowest BCUT2D eigenvalue weighted by atomic mass is 10.1. The molecule has 5 rings (SSSR count). The number of phosphoric acid groups is 3. The van der Waals surface area contributed by atoms with Crippen LogP contribution in [-0.2, 0) is 41.1 Å². The summed E-state index contributed by atoms with van der Waals surface area (Å²) in [6, 6.07) is 2.58. The van der Waals surface area contributed by atoms with E-state index in [9.17, 15) is 58.5 Å². The average molecular weight is 745 g/mol. The summed E-state index contributed by atoms with van der Waals surface area (Å²) in [5.41, 5.74) is 5.63. The van der Waals surface area contributed by atoms with E-state index in [1.807, 2.05) is 0 Å². The molecule has 3 unspecified atom stereocenters. The van der Waals surface area contributed by atoms with Gasteiger partial charge in [0, 0.05) is 6.07 Å². The second-order valence-electron chi connectivity index (χ2n) is 10.2. The summed E-state index contributed by atoms with van der Waals surface area (Å²) >= 11 is 0. The number of rotatable bonds is 13. The Morgan fingerprint density at radius 1 is 0.958 bits per heavy atom. The van der Waals surface area contributed by atoms with Crippen LogP contribution in [0.2, 0.25) is 0 Å². The maximum atomic E-state index is 12.6. The molecule has 10 N–H and O–H groups in total. The molecule has 0 spiro atoms. The summed E-state index contributed by atoms with van der Waals surface area (Å²) in [5, 5.41) is 40.6. The van der Waals surface area contributed by atoms with Gasteiger partial charge in [-0.15, -0.1) is 0 Å². The molecule has 0 aliphatic carbocycles. The zero-order valence-corrected chi connectivity index (χ0v) is 26.5. The van der Waals surface area contributed by atoms with Gasteiger partial charge in [0.1, 0.15) is 47.9 Å². The predicted molar refractivity (Wildman–Crippen MR) is 149 cm³/mol. The SMILES string of the molecule is Nc1ncnc2c1ncn2C1O[C@H](COP(=O)(O)OP(=O)(O)OC[C@H]2O[C@@H]([n+]3cccc(C(=O)O)c3)[C@H](O)[C@@H]2O)[C@@H](O)[C@H]1OP(=O)(O)O. The van der Waals surface area contributed by atoms with Crippen molar-refractivity contribution in [3.63, 3.8) is 0 Å². The van der Waals surface area contributed by atoms with Gasteiger partial charge >= 0.3 is 29.4 Å². The number of phosphoric ester groups is 3. The fourth-order valence-electron chi connectivity index (χ4n) is 4.81. The molecule has 2 aliphatic rings. The number of carbonyl (C=O) groups is 1. The highest BCUT2D eigenvalue weighted by Crippen LogP contribution is 2.61. The standard InChI is InChI=1S/C21H27N6O18P3/c22-17-12-18(24-7-23-17)27(8-25-12)20-16(44-46(33,34)35)14(29)11(43-20)6-41-48(38,39)45-47(36,37)40-5-10-13(28)15(30)19(42-10)26-3-1-2-9(4-26)21(31)32/h1-4,7-8,10-11,13-16,19-20,28-30H,5-6H2,(H6-,22,23,24,31,32,33,34,35,36,37,38,39)/p+1/t10-,11-,13-,14-,15-,16-,19-,20?/m1/s1. The van der Waals surface area contributed by atoms with E-state index in [0.29, 0.717) is 0 Å². The molecule has 2 fully saturated rings. The molecule has 10 atom stereocenters. The molecule has 0 aromatic carbocycles. The number of aromatic nitrogens is 5. The summed E-state index contributed by atoms with van der Waals surface area (Å²) in [6.07, 6.45) is -8.76. The second-order valence-corrected chi connectivity index (χ2v) is 14.4. The van der Waals surface area contributed by atoms with Crippen molar-refractivity contribution < 1.29 is 90.4 Å². The molecule has 2 aliphatic heterocycles. The van der Waals surface area contributed by atoms with E-state index in [1.165, 1.54) is 18.3 Å². The van der Waals surface area contributed by atoms with Crippen molar-refractivity contribution >= 4 is 46.4 Å². The van der Waals surface area contributed by atoms with Crippen molar-refractivity contribution in [1.82, 2.24) is 19.5 Å². The molecular weight excluding hydrogens is 717 g/mol. The van der Waals surface area contributed by atoms with Crippen LogP contribution in [0.3, 0.4) is 0 Å². The van der Waals surface area contributed by atoms with Crippen LogP contribution in [0.25, 0.3) is 11.2 Å². The number of fused-ring (bicyclic) bond motifs is 1. The van der Waals surface area contributed by atoms with Gasteiger partial charge in [-0.05, 0) is 6.07 Å². The van der Waals surface area contributed by atoms with Gasteiger partial charge in [0.05, 0.1) is 19.5 Å². The van der Waals surface area contributed by atoms with Crippen LogP contribution in [0.15, 0.2) is 37.2 Å². The third-order valence-electron chi connectivity index (χ3n) is 6.94. The lowest BCUT2D eigenvalue weighted by Gasteiger charge is -2.22. The maximum Gasteiger partial charge on any atom is 0.481 e. The Kier molecular flexibility index (Phi) is 10.5. The molecule has 24 nitrogen and oxygen atoms in total. The molecule has 264 valence electrons. The van der Waals surface area contributed by atoms with Gasteiger partial charge in [-0.2, -0.15) is 8.88 Å². The first-order valence-corrected chi connectivity index (χ1v) is 17.8. The quantitative estimate of drug-likeness (QED) is 0.0656. The summed E-state index contributed by atoms with van der Waals surface area (Å²) in [7, 11) is -16.3. The number of aliphatic hydroxyl groups is 3. The van der Waals surface area contributed by atoms with Gasteiger partial charge in [0.2, 0.25) is 0 Å². The molecule has 5 heterocycles. The average Bonchev–Trinajstić information content (AvgIpc) is 3.64. The van der Waals surface area contributed by atoms with E-state index in [2.05, 4.69) is 32.8 Å². The first-order valence-electron chi connectivity index (χ1n) is 13.3. The summed E-state index contributed by atoms with van der Waals surface area (Å²) < 4.78 is 68.2. The second kappa shape index (κ2) is 13.8. The lowest BCUT2D eigenvalue weighted by molar-refractivity contribution is -0.765. The molecular formula is C21H28N6O18P3+. The number of ether oxygens (including phenoxy) is 2. The number of aromatic carboxylic acids is 1. The van der Waals surface area contributed by atoms with Crippen LogP contribution in [0.1, 0.15) is 22.8 Å². The van der Waals surface area contributed by atoms with Gasteiger partial charge < -0.3 is 55.2 Å². The van der Waals surface area contributed by atoms with E-state index in [4.69, 9.17) is 15.2 Å². The number of imidazole rings is 1. The first kappa shape index (κ1) is 36.4. The molecule has 0 bridgehead atoms. The minimum atomic E-state index is -5.54. The molecule has 3 aromatic rings. The van der Waals surface area contributed by atoms with E-state index < -0.39 is 91.7 Å². The number of hydrogen-bond donors (Lipinski definition) is 9. The number of nitrogens with zero attached hydrogens (tertiary/aromatic N) is 5. The minimum Gasteiger partial charge on any atom is -0.477 e. The lowest BCUT2D eigenvalue weighted by Crippen LogP contribution is -2.46. The van der Waals surface area contributed by atoms with Crippen LogP contribution in [-0.4, -0.2) is 115 Å². The van der Waals surface area contributed by atoms with Crippen molar-refractivity contribution in [3.05, 3.63) is 42.7 Å². The smallest absolute Gasteiger partial charge is 0.477 e. The van der Waals surface area contributed by atoms with Crippen molar-refractivity contribution in [2.75, 3.05) is 18.9 Å². The summed E-state index contributed by atoms with van der Waals surface area (Å²) in [6.45, 7) is -2.07. The zero-order chi connectivity index (χ0) is 35.2. The van der Waals surface area contributed by atoms with E-state index >= 15 is 0 Å². The number of carboxylic acids is 1. The third kappa shape index (κ3) is 8.12. The van der Waals surface area contributed by atoms with Gasteiger partial charge in [-0.3, -0.25) is 18.1 Å². The van der Waals surface area contributed by atoms with E-state index in [-0.39, 0.29) is 22.5 Å². The third-order valence-corrected chi connectivity index (χ3v) is 10.1. The Bertz CT molecular complexity index is 1810. The van der Waals surface area contributed by atoms with Crippen molar-refractivity contribution in [3.8, 4) is 0 Å². The van der Waals surface area contributed by atoms with Crippen LogP contribution in [0, 0.1) is 0 Å². The van der Waals surface area contributed by atoms with Gasteiger partial charge in [0.15, 0.2) is 36.2 Å². The fourth-order valence-corrected chi connectivity index (χ4v) is 7.45. The van der Waals surface area contributed by atoms with E-state index in [0.717, 1.165) is 28.0 Å². The van der Waals surface area contributed by atoms with Crippen LogP contribution in [0.4, 0.5) is 5.82 Å². The van der Waals surface area contributed by atoms with Gasteiger partial charge in [-0.25, -0.2) is 33.4 Å². The Morgan fingerprint density at radius 3 is 2.23 bits per heavy atom. The molecule has 27 heteroatoms. The van der Waals surface area contributed by atoms with E-state index in [1.54, 1.807) is 0 Å². The molecule has 3 aromatic heterocycles. The number of anilines is 1. The number of nitrogen functional groups attached to an aromatic ring is 1. The Morgan fingerprint density at radius 2 is 1.60 bits per heavy atom. The highest BCUT2D eigenvalue weighted by Gasteiger charge is 2.51. The number of hydrogen-bond acceptors (Lipinski definition) is 17. The van der Waals surface area contributed by atoms with Crippen LogP contribution >= 0.6 is 23.5 Å². The number of pyridine rings is 1. The molecule has 2 saturated heterocycles. The van der Waals surface area contributed by atoms with Gasteiger partial charge in [-0.1, -0.05) is 0 Å². The predicted octanol–water partition coefficient (Wildman–Crippen LogP) is -2.30. The Labute approximate surface area is 267 Å². The molecule has 48 heavy (non-hydrogen) atoms. The zero-order valence-electron chi connectivity index (χ0n) is 23.8. The number of nitrogens with two attached hydrogens (primary N) is 1. The van der Waals surface area contributed by atoms with Crippen molar-refractivity contribution in [2.24, 2.45) is 0 Å². The van der Waals surface area contributed by atoms with Crippen LogP contribution < -0.4 is 10.3 Å². The molecule has 0 saturated carbocycles. The summed E-state index contributed by atoms with van der Waals surface area (Å²) in [4.78, 5) is 61.9. The first-order chi connectivity index (χ1) is 22.4. The van der Waals surface area contributed by atoms with Gasteiger partial charge in [0.25, 0.3) is 6.23 Å². The molecule has 0 amide bonds. The largest absolute Gasteiger partial charge is 0.481 e. The van der Waals surface area contributed by atoms with Crippen molar-refractivity contribution in [1.29, 1.82) is 0 Å². The Hall–Kier alpha value is -2.86. The highest BCUT2D eigenvalue weighted by molar-refractivity contribution is 7.61. The van der Waals surface area contributed by atoms with Crippen molar-refractivity contribution in [2.45, 2.75) is 49.1 Å².